The highest BCUT2D eigenvalue weighted by Crippen LogP contribution is 2.37. The van der Waals surface area contributed by atoms with E-state index in [0.717, 1.165) is 18.8 Å². The molecule has 2 rings (SSSR count). The van der Waals surface area contributed by atoms with Gasteiger partial charge >= 0.3 is 7.82 Å². The van der Waals surface area contributed by atoms with Gasteiger partial charge in [-0.25, -0.2) is 4.57 Å². The lowest BCUT2D eigenvalue weighted by Crippen LogP contribution is -2.52. The van der Waals surface area contributed by atoms with Crippen LogP contribution in [-0.4, -0.2) is 52.2 Å². The van der Waals surface area contributed by atoms with Gasteiger partial charge in [-0.15, -0.1) is 0 Å². The summed E-state index contributed by atoms with van der Waals surface area (Å²) in [5, 5.41) is 2.43. The van der Waals surface area contributed by atoms with E-state index in [4.69, 9.17) is 9.79 Å². The van der Waals surface area contributed by atoms with Gasteiger partial charge in [-0.05, 0) is 24.7 Å². The smallest absolute Gasteiger partial charge is 0.343 e. The molecule has 1 saturated carbocycles. The van der Waals surface area contributed by atoms with Gasteiger partial charge < -0.3 is 20.0 Å². The van der Waals surface area contributed by atoms with Crippen molar-refractivity contribution in [1.29, 1.82) is 0 Å². The van der Waals surface area contributed by atoms with Gasteiger partial charge in [-0.1, -0.05) is 32.1 Å². The van der Waals surface area contributed by atoms with E-state index < -0.39 is 26.4 Å². The number of nitrogens with zero attached hydrogens (tertiary/aromatic N) is 1. The number of likely N-dealkylation sites (tertiary alicyclic amines) is 1. The van der Waals surface area contributed by atoms with Crippen molar-refractivity contribution in [3.8, 4) is 0 Å². The van der Waals surface area contributed by atoms with Crippen LogP contribution in [0.5, 0.6) is 0 Å². The van der Waals surface area contributed by atoms with Crippen LogP contribution >= 0.6 is 7.82 Å². The second kappa shape index (κ2) is 9.12. The Morgan fingerprint density at radius 2 is 1.68 bits per heavy atom. The normalized spacial score (nSPS) is 21.8. The molecule has 9 heteroatoms. The Kier molecular flexibility index (Phi) is 7.43. The molecule has 1 unspecified atom stereocenters. The van der Waals surface area contributed by atoms with Gasteiger partial charge in [0.25, 0.3) is 0 Å². The quantitative estimate of drug-likeness (QED) is 0.604. The van der Waals surface area contributed by atoms with E-state index >= 15 is 0 Å². The highest BCUT2D eigenvalue weighted by Gasteiger charge is 2.33. The van der Waals surface area contributed by atoms with Crippen LogP contribution in [-0.2, 0) is 18.7 Å². The number of hydrogen-bond acceptors (Lipinski definition) is 4. The number of rotatable bonds is 6. The predicted octanol–water partition coefficient (Wildman–Crippen LogP) is 1.42. The molecule has 3 N–H and O–H groups in total. The molecular weight excluding hydrogens is 347 g/mol. The summed E-state index contributed by atoms with van der Waals surface area (Å²) in [6.45, 7) is 1.95. The van der Waals surface area contributed by atoms with Crippen molar-refractivity contribution in [2.45, 2.75) is 57.9 Å². The van der Waals surface area contributed by atoms with Crippen LogP contribution in [0.2, 0.25) is 0 Å². The largest absolute Gasteiger partial charge is 0.469 e. The van der Waals surface area contributed by atoms with Crippen molar-refractivity contribution in [3.63, 3.8) is 0 Å². The second-order valence-corrected chi connectivity index (χ2v) is 8.34. The Balaban J connectivity index is 1.88. The van der Waals surface area contributed by atoms with Crippen LogP contribution in [0.4, 0.5) is 0 Å². The maximum absolute atomic E-state index is 12.6. The number of amides is 2. The number of hydrogen-bond donors (Lipinski definition) is 3. The molecule has 1 aliphatic carbocycles. The molecule has 2 amide bonds. The molecule has 1 saturated heterocycles. The highest BCUT2D eigenvalue weighted by molar-refractivity contribution is 7.46. The number of piperidine rings is 1. The zero-order valence-electron chi connectivity index (χ0n) is 14.7. The summed E-state index contributed by atoms with van der Waals surface area (Å²) >= 11 is 0. The van der Waals surface area contributed by atoms with E-state index in [0.29, 0.717) is 19.0 Å². The minimum Gasteiger partial charge on any atom is -0.343 e. The number of phosphoric acid groups is 1. The summed E-state index contributed by atoms with van der Waals surface area (Å²) in [6, 6.07) is -1.07. The lowest BCUT2D eigenvalue weighted by Gasteiger charge is -2.38. The third-order valence-electron chi connectivity index (χ3n) is 5.25. The Morgan fingerprint density at radius 1 is 1.12 bits per heavy atom. The Labute approximate surface area is 148 Å². The maximum atomic E-state index is 12.6. The average Bonchev–Trinajstić information content (AvgIpc) is 2.58. The van der Waals surface area contributed by atoms with Gasteiger partial charge in [0.1, 0.15) is 6.04 Å². The number of carbonyl (C=O) groups is 2. The minimum atomic E-state index is -4.69. The van der Waals surface area contributed by atoms with Crippen LogP contribution in [0.3, 0.4) is 0 Å². The Hall–Kier alpha value is -0.950. The van der Waals surface area contributed by atoms with E-state index in [2.05, 4.69) is 9.84 Å². The first-order valence-corrected chi connectivity index (χ1v) is 10.6. The van der Waals surface area contributed by atoms with E-state index in [1.54, 1.807) is 4.90 Å². The standard InChI is InChI=1S/C16H29N2O6P/c1-12(19)17-15(11-24-25(21,22)23)16(20)18-9-7-14(8-10-18)13-5-3-2-4-6-13/h13-15H,2-11H2,1H3,(H,17,19)(H2,21,22,23). The average molecular weight is 376 g/mol. The molecular formula is C16H29N2O6P. The SMILES string of the molecule is CC(=O)NC(COP(=O)(O)O)C(=O)N1CCC(C2CCCCC2)CC1. The second-order valence-electron chi connectivity index (χ2n) is 7.10. The first kappa shape index (κ1) is 20.4. The van der Waals surface area contributed by atoms with E-state index in [-0.39, 0.29) is 5.91 Å². The van der Waals surface area contributed by atoms with Crippen LogP contribution in [0.1, 0.15) is 51.9 Å². The zero-order valence-corrected chi connectivity index (χ0v) is 15.6. The van der Waals surface area contributed by atoms with Crippen molar-refractivity contribution in [2.75, 3.05) is 19.7 Å². The van der Waals surface area contributed by atoms with Crippen LogP contribution in [0.15, 0.2) is 0 Å². The van der Waals surface area contributed by atoms with Gasteiger partial charge in [0.2, 0.25) is 11.8 Å². The predicted molar refractivity (Wildman–Crippen MR) is 91.5 cm³/mol. The molecule has 1 atom stereocenters. The zero-order chi connectivity index (χ0) is 18.4. The molecule has 8 nitrogen and oxygen atoms in total. The van der Waals surface area contributed by atoms with Gasteiger partial charge in [0.15, 0.2) is 0 Å². The maximum Gasteiger partial charge on any atom is 0.469 e. The molecule has 0 spiro atoms. The third kappa shape index (κ3) is 6.70. The first-order valence-electron chi connectivity index (χ1n) is 9.02. The molecule has 0 bridgehead atoms. The van der Waals surface area contributed by atoms with Gasteiger partial charge in [-0.2, -0.15) is 0 Å². The fraction of sp³-hybridized carbons (Fsp3) is 0.875. The lowest BCUT2D eigenvalue weighted by molar-refractivity contribution is -0.138. The molecule has 2 fully saturated rings. The molecule has 1 heterocycles. The molecule has 2 aliphatic rings. The Bertz CT molecular complexity index is 509. The monoisotopic (exact) mass is 376 g/mol. The summed E-state index contributed by atoms with van der Waals surface area (Å²) in [4.78, 5) is 43.2. The number of carbonyl (C=O) groups excluding carboxylic acids is 2. The molecule has 144 valence electrons. The summed E-state index contributed by atoms with van der Waals surface area (Å²) in [6.07, 6.45) is 8.38. The van der Waals surface area contributed by atoms with Crippen molar-refractivity contribution in [3.05, 3.63) is 0 Å². The minimum absolute atomic E-state index is 0.342. The van der Waals surface area contributed by atoms with E-state index in [1.165, 1.54) is 39.0 Å². The number of phosphoric ester groups is 1. The van der Waals surface area contributed by atoms with Crippen molar-refractivity contribution >= 4 is 19.6 Å². The van der Waals surface area contributed by atoms with Crippen molar-refractivity contribution < 1.29 is 28.5 Å². The lowest BCUT2D eigenvalue weighted by atomic mass is 9.76. The highest BCUT2D eigenvalue weighted by atomic mass is 31.2. The topological polar surface area (TPSA) is 116 Å². The molecule has 25 heavy (non-hydrogen) atoms. The molecule has 0 aromatic rings. The van der Waals surface area contributed by atoms with E-state index in [9.17, 15) is 14.2 Å². The first-order chi connectivity index (χ1) is 11.8. The van der Waals surface area contributed by atoms with Crippen LogP contribution < -0.4 is 5.32 Å². The molecule has 0 radical (unpaired) electrons. The van der Waals surface area contributed by atoms with Gasteiger partial charge in [0.05, 0.1) is 6.61 Å². The summed E-state index contributed by atoms with van der Waals surface area (Å²) in [5.41, 5.74) is 0. The van der Waals surface area contributed by atoms with Crippen LogP contribution in [0, 0.1) is 11.8 Å². The fourth-order valence-electron chi connectivity index (χ4n) is 4.01. The summed E-state index contributed by atoms with van der Waals surface area (Å²) < 4.78 is 15.3. The van der Waals surface area contributed by atoms with Crippen LogP contribution in [0.25, 0.3) is 0 Å². The van der Waals surface area contributed by atoms with Gasteiger partial charge in [-0.3, -0.25) is 14.1 Å². The van der Waals surface area contributed by atoms with E-state index in [1.807, 2.05) is 0 Å². The van der Waals surface area contributed by atoms with Gasteiger partial charge in [0, 0.05) is 20.0 Å². The summed E-state index contributed by atoms with van der Waals surface area (Å²) in [7, 11) is -4.69. The fourth-order valence-corrected chi connectivity index (χ4v) is 4.35. The van der Waals surface area contributed by atoms with Crippen molar-refractivity contribution in [1.82, 2.24) is 10.2 Å². The van der Waals surface area contributed by atoms with Crippen molar-refractivity contribution in [2.24, 2.45) is 11.8 Å². The third-order valence-corrected chi connectivity index (χ3v) is 5.74. The molecule has 0 aromatic carbocycles. The number of nitrogens with one attached hydrogen (secondary N) is 1. The molecule has 0 aromatic heterocycles. The Morgan fingerprint density at radius 3 is 2.20 bits per heavy atom. The summed E-state index contributed by atoms with van der Waals surface area (Å²) in [5.74, 6) is 0.626. The molecule has 1 aliphatic heterocycles.